The molecule has 0 fully saturated rings. The van der Waals surface area contributed by atoms with Crippen LogP contribution in [0.2, 0.25) is 17.3 Å². The topological polar surface area (TPSA) is 51.8 Å². The van der Waals surface area contributed by atoms with Crippen molar-refractivity contribution < 1.29 is 35.8 Å². The molecule has 7 heteroatoms. The zero-order valence-electron chi connectivity index (χ0n) is 30.9. The number of fused-ring (bicyclic) bond motifs is 3. The van der Waals surface area contributed by atoms with Gasteiger partial charge in [0, 0.05) is 33.9 Å². The minimum Gasteiger partial charge on any atom is 0 e. The fourth-order valence-electron chi connectivity index (χ4n) is 4.89. The third kappa shape index (κ3) is 7.20. The van der Waals surface area contributed by atoms with Gasteiger partial charge >= 0.3 is 131 Å². The molecule has 0 atom stereocenters. The van der Waals surface area contributed by atoms with Gasteiger partial charge < -0.3 is 9.40 Å². The maximum Gasteiger partial charge on any atom is 0 e. The molecule has 0 saturated heterocycles. The summed E-state index contributed by atoms with van der Waals surface area (Å²) in [7, 11) is 0. The Balaban J connectivity index is 0.000000216. The van der Waals surface area contributed by atoms with Gasteiger partial charge in [0.1, 0.15) is 5.82 Å². The van der Waals surface area contributed by atoms with Crippen molar-refractivity contribution >= 4 is 39.7 Å². The summed E-state index contributed by atoms with van der Waals surface area (Å²) in [4.78, 5) is 13.1. The fourth-order valence-corrected chi connectivity index (χ4v) is 8.21. The Kier molecular flexibility index (Phi) is 8.54. The van der Waals surface area contributed by atoms with E-state index in [0.717, 1.165) is 22.4 Å². The van der Waals surface area contributed by atoms with Gasteiger partial charge in [-0.25, -0.2) is 9.37 Å². The quantitative estimate of drug-likeness (QED) is 0.128. The van der Waals surface area contributed by atoms with Gasteiger partial charge in [0.2, 0.25) is 5.71 Å². The normalized spacial score (nSPS) is 14.0. The maximum absolute atomic E-state index is 14.2. The molecule has 44 heavy (non-hydrogen) atoms. The Morgan fingerprint density at radius 3 is 2.34 bits per heavy atom. The van der Waals surface area contributed by atoms with Crippen LogP contribution < -0.4 is 4.40 Å². The molecule has 2 aromatic carbocycles. The van der Waals surface area contributed by atoms with Crippen LogP contribution in [-0.4, -0.2) is 28.2 Å². The zero-order valence-corrected chi connectivity index (χ0v) is 30.4. The van der Waals surface area contributed by atoms with Crippen molar-refractivity contribution in [1.29, 1.82) is 0 Å². The summed E-state index contributed by atoms with van der Waals surface area (Å²) >= 11 is -2.14. The van der Waals surface area contributed by atoms with Crippen molar-refractivity contribution in [2.75, 3.05) is 0 Å². The van der Waals surface area contributed by atoms with E-state index < -0.39 is 31.9 Å². The Morgan fingerprint density at radius 1 is 0.909 bits per heavy atom. The molecule has 0 aliphatic rings. The van der Waals surface area contributed by atoms with Crippen LogP contribution in [0.3, 0.4) is 0 Å². The number of aryl methyl sites for hydroxylation is 1. The first kappa shape index (κ1) is 27.1. The van der Waals surface area contributed by atoms with Crippen LogP contribution in [0.5, 0.6) is 0 Å². The first-order chi connectivity index (χ1) is 22.2. The number of hydrogen-bond acceptors (Lipinski definition) is 4. The molecule has 229 valence electrons. The van der Waals surface area contributed by atoms with E-state index in [-0.39, 0.29) is 37.2 Å². The van der Waals surface area contributed by atoms with Crippen molar-refractivity contribution in [2.24, 2.45) is 0 Å². The summed E-state index contributed by atoms with van der Waals surface area (Å²) in [6, 6.07) is 21.4. The molecule has 1 radical (unpaired) electrons. The molecule has 0 aliphatic heterocycles. The van der Waals surface area contributed by atoms with Gasteiger partial charge in [0.05, 0.1) is 11.0 Å². The molecular weight excluding hydrogens is 786 g/mol. The Bertz CT molecular complexity index is 2100. The van der Waals surface area contributed by atoms with E-state index in [9.17, 15) is 4.39 Å². The van der Waals surface area contributed by atoms with Gasteiger partial charge in [-0.05, 0) is 23.7 Å². The largest absolute Gasteiger partial charge is 0 e. The predicted octanol–water partition coefficient (Wildman–Crippen LogP) is 9.63. The summed E-state index contributed by atoms with van der Waals surface area (Å²) in [6.45, 7) is 5.30. The van der Waals surface area contributed by atoms with Crippen LogP contribution in [-0.2, 0) is 20.1 Å². The number of pyridine rings is 3. The van der Waals surface area contributed by atoms with Crippen LogP contribution >= 0.6 is 0 Å². The number of benzene rings is 2. The fraction of sp³-hybridized carbons (Fsp3) is 0.270. The minimum absolute atomic E-state index is 0. The van der Waals surface area contributed by atoms with E-state index in [1.54, 1.807) is 30.5 Å². The van der Waals surface area contributed by atoms with Gasteiger partial charge in [0.25, 0.3) is 0 Å². The third-order valence-corrected chi connectivity index (χ3v) is 11.4. The molecule has 0 amide bonds. The number of aromatic nitrogens is 3. The molecule has 4 heterocycles. The maximum atomic E-state index is 14.2. The van der Waals surface area contributed by atoms with Gasteiger partial charge in [-0.3, -0.25) is 0 Å². The Labute approximate surface area is 283 Å². The number of rotatable bonds is 5. The van der Waals surface area contributed by atoms with Gasteiger partial charge in [-0.2, -0.15) is 0 Å². The zero-order chi connectivity index (χ0) is 35.2. The van der Waals surface area contributed by atoms with Crippen molar-refractivity contribution in [3.05, 3.63) is 108 Å². The van der Waals surface area contributed by atoms with E-state index in [0.29, 0.717) is 27.6 Å². The Hall–Kier alpha value is -3.19. The summed E-state index contributed by atoms with van der Waals surface area (Å²) in [5.41, 5.74) is 5.62. The number of hydrogen-bond donors (Lipinski definition) is 0. The van der Waals surface area contributed by atoms with Gasteiger partial charge in [-0.1, -0.05) is 36.4 Å². The molecule has 0 saturated carbocycles. The molecule has 0 bridgehead atoms. The van der Waals surface area contributed by atoms with Crippen molar-refractivity contribution in [3.8, 4) is 22.5 Å². The standard InChI is InChI=1S/C19H14FN2O.C18H24GeN.Ir/c1-11(2)12-6-8-21-16(10-12)13-4-3-5-14-17-15(20)7-9-22-19(17)23-18(13)14;1-13(2)16-11-18(15-9-7-14(3)8-10-15)20-12-17(16)19(4,5)6;/h3,5-11H,1-2H3;7-9,11-13H,1-6H3;/q2*-1;/i11D;3D3,13D;. The number of halogens is 1. The summed E-state index contributed by atoms with van der Waals surface area (Å²) < 4.78 is 60.2. The van der Waals surface area contributed by atoms with E-state index >= 15 is 0 Å². The summed E-state index contributed by atoms with van der Waals surface area (Å²) in [5.74, 6) is 5.07. The van der Waals surface area contributed by atoms with Crippen LogP contribution in [0, 0.1) is 24.8 Å². The van der Waals surface area contributed by atoms with Crippen LogP contribution in [0.4, 0.5) is 4.39 Å². The smallest absolute Gasteiger partial charge is 0 e. The van der Waals surface area contributed by atoms with Crippen molar-refractivity contribution in [2.45, 2.75) is 63.6 Å². The van der Waals surface area contributed by atoms with Gasteiger partial charge in [0.15, 0.2) is 0 Å². The Morgan fingerprint density at radius 2 is 1.68 bits per heavy atom. The SMILES string of the molecule is [2H]C(C)(C)c1ccnc(-c2[c-]ccc3c2oc2nccc(F)c23)c1.[2H]C([2H])([2H])c1c[c-]c(-c2cc(C([2H])(C)C)[c]([Ge]([CH3])([CH3])[CH3])cn2)cc1.[Ir]. The first-order valence-electron chi connectivity index (χ1n) is 16.6. The van der Waals surface area contributed by atoms with E-state index in [4.69, 9.17) is 11.3 Å². The predicted molar refractivity (Wildman–Crippen MR) is 178 cm³/mol. The summed E-state index contributed by atoms with van der Waals surface area (Å²) in [6.07, 6.45) is 4.95. The summed E-state index contributed by atoms with van der Waals surface area (Å²) in [5, 5.41) is 1.00. The van der Waals surface area contributed by atoms with Crippen molar-refractivity contribution in [1.82, 2.24) is 15.0 Å². The molecule has 6 rings (SSSR count). The van der Waals surface area contributed by atoms with Crippen LogP contribution in [0.25, 0.3) is 44.6 Å². The molecule has 0 N–H and O–H groups in total. The third-order valence-electron chi connectivity index (χ3n) is 7.22. The second-order valence-electron chi connectivity index (χ2n) is 12.0. The number of nitrogens with zero attached hydrogens (tertiary/aromatic N) is 3. The molecule has 0 spiro atoms. The minimum atomic E-state index is -2.14. The molecular formula is C37H38FGeIrN3O-2. The average Bonchev–Trinajstić information content (AvgIpc) is 3.40. The second kappa shape index (κ2) is 13.8. The number of furan rings is 1. The monoisotopic (exact) mass is 831 g/mol. The van der Waals surface area contributed by atoms with E-state index in [1.807, 2.05) is 52.1 Å². The molecule has 4 aromatic heterocycles. The molecule has 6 aromatic rings. The molecule has 4 nitrogen and oxygen atoms in total. The van der Waals surface area contributed by atoms with E-state index in [2.05, 4.69) is 44.4 Å². The van der Waals surface area contributed by atoms with E-state index in [1.165, 1.54) is 22.7 Å². The van der Waals surface area contributed by atoms with Crippen LogP contribution in [0.1, 0.15) is 63.0 Å². The van der Waals surface area contributed by atoms with Crippen molar-refractivity contribution in [3.63, 3.8) is 0 Å². The average molecular weight is 830 g/mol. The molecule has 0 unspecified atom stereocenters. The molecule has 0 aliphatic carbocycles. The van der Waals surface area contributed by atoms with Crippen LogP contribution in [0.15, 0.2) is 77.6 Å². The second-order valence-corrected chi connectivity index (χ2v) is 22.5. The van der Waals surface area contributed by atoms with Gasteiger partial charge in [-0.15, -0.1) is 18.2 Å². The first-order valence-corrected chi connectivity index (χ1v) is 21.5.